The average molecular weight is 698 g/mol. The van der Waals surface area contributed by atoms with E-state index in [1.165, 1.54) is 29.2 Å². The van der Waals surface area contributed by atoms with Gasteiger partial charge in [-0.2, -0.15) is 0 Å². The number of amides is 2. The Labute approximate surface area is 284 Å². The minimum absolute atomic E-state index is 0.0236. The molecule has 0 aliphatic rings. The lowest BCUT2D eigenvalue weighted by Crippen LogP contribution is -2.53. The molecule has 4 aromatic carbocycles. The van der Waals surface area contributed by atoms with E-state index in [0.29, 0.717) is 12.1 Å². The Hall–Kier alpha value is -4.45. The number of sulfonamides is 1. The zero-order valence-corrected chi connectivity index (χ0v) is 27.9. The highest BCUT2D eigenvalue weighted by molar-refractivity contribution is 7.92. The van der Waals surface area contributed by atoms with Crippen molar-refractivity contribution in [2.75, 3.05) is 17.4 Å². The van der Waals surface area contributed by atoms with Gasteiger partial charge in [-0.05, 0) is 48.4 Å². The van der Waals surface area contributed by atoms with Crippen LogP contribution in [-0.2, 0) is 32.6 Å². The van der Waals surface area contributed by atoms with Crippen LogP contribution in [0.15, 0.2) is 108 Å². The molecule has 4 rings (SSSR count). The minimum atomic E-state index is -4.36. The Morgan fingerprint density at radius 1 is 0.872 bits per heavy atom. The fourth-order valence-corrected chi connectivity index (χ4v) is 6.86. The second-order valence-electron chi connectivity index (χ2n) is 10.7. The van der Waals surface area contributed by atoms with E-state index < -0.39 is 39.3 Å². The molecule has 0 saturated carbocycles. The highest BCUT2D eigenvalue weighted by Crippen LogP contribution is 2.29. The average Bonchev–Trinajstić information content (AvgIpc) is 3.07. The maximum atomic E-state index is 14.5. The van der Waals surface area contributed by atoms with Gasteiger partial charge in [0.2, 0.25) is 11.8 Å². The molecule has 13 heteroatoms. The van der Waals surface area contributed by atoms with Crippen molar-refractivity contribution in [2.24, 2.45) is 0 Å². The number of nitro groups is 1. The second kappa shape index (κ2) is 16.4. The lowest BCUT2D eigenvalue weighted by molar-refractivity contribution is -0.384. The molecule has 47 heavy (non-hydrogen) atoms. The molecule has 0 radical (unpaired) electrons. The fraction of sp³-hybridized carbons (Fsp3) is 0.235. The third-order valence-electron chi connectivity index (χ3n) is 7.45. The number of nitro benzene ring substituents is 1. The van der Waals surface area contributed by atoms with Crippen molar-refractivity contribution in [1.82, 2.24) is 10.2 Å². The number of nitrogens with zero attached hydrogens (tertiary/aromatic N) is 3. The Morgan fingerprint density at radius 3 is 2.04 bits per heavy atom. The van der Waals surface area contributed by atoms with Crippen molar-refractivity contribution in [2.45, 2.75) is 43.7 Å². The first-order valence-electron chi connectivity index (χ1n) is 14.9. The zero-order chi connectivity index (χ0) is 34.0. The highest BCUT2D eigenvalue weighted by Gasteiger charge is 2.35. The molecule has 0 spiro atoms. The number of hydrogen-bond donors (Lipinski definition) is 1. The monoisotopic (exact) mass is 696 g/mol. The van der Waals surface area contributed by atoms with E-state index in [2.05, 4.69) is 5.32 Å². The molecule has 0 unspecified atom stereocenters. The molecule has 0 heterocycles. The van der Waals surface area contributed by atoms with E-state index in [-0.39, 0.29) is 39.3 Å². The summed E-state index contributed by atoms with van der Waals surface area (Å²) in [4.78, 5) is 40.3. The van der Waals surface area contributed by atoms with Crippen LogP contribution in [0.5, 0.6) is 0 Å². The molecule has 0 aliphatic carbocycles. The normalized spacial score (nSPS) is 11.8. The number of hydrogen-bond acceptors (Lipinski definition) is 6. The third-order valence-corrected chi connectivity index (χ3v) is 9.95. The zero-order valence-electron chi connectivity index (χ0n) is 25.6. The quantitative estimate of drug-likeness (QED) is 0.0841. The number of anilines is 1. The SMILES string of the molecule is CCCCNC(=O)[C@@H](Cc1ccccc1)N(Cc1c(Cl)cccc1Cl)C(=O)CN(c1ccc([N+](=O)[O-])cc1)S(=O)(=O)c1ccccc1. The van der Waals surface area contributed by atoms with Crippen molar-refractivity contribution < 1.29 is 22.9 Å². The Kier molecular flexibility index (Phi) is 12.4. The van der Waals surface area contributed by atoms with Crippen LogP contribution >= 0.6 is 23.2 Å². The summed E-state index contributed by atoms with van der Waals surface area (Å²) in [5, 5.41) is 14.8. The third kappa shape index (κ3) is 9.09. The van der Waals surface area contributed by atoms with Crippen LogP contribution in [-0.4, -0.2) is 49.2 Å². The van der Waals surface area contributed by atoms with Gasteiger partial charge in [0.25, 0.3) is 15.7 Å². The van der Waals surface area contributed by atoms with Crippen molar-refractivity contribution in [3.8, 4) is 0 Å². The van der Waals surface area contributed by atoms with Crippen molar-refractivity contribution >= 4 is 56.4 Å². The lowest BCUT2D eigenvalue weighted by Gasteiger charge is -2.34. The fourth-order valence-electron chi connectivity index (χ4n) is 4.90. The minimum Gasteiger partial charge on any atom is -0.354 e. The summed E-state index contributed by atoms with van der Waals surface area (Å²) in [6, 6.07) is 25.3. The number of benzene rings is 4. The summed E-state index contributed by atoms with van der Waals surface area (Å²) in [7, 11) is -4.36. The molecule has 10 nitrogen and oxygen atoms in total. The van der Waals surface area contributed by atoms with Gasteiger partial charge >= 0.3 is 0 Å². The smallest absolute Gasteiger partial charge is 0.269 e. The van der Waals surface area contributed by atoms with Crippen LogP contribution in [0.3, 0.4) is 0 Å². The van der Waals surface area contributed by atoms with Crippen LogP contribution in [0.25, 0.3) is 0 Å². The molecular formula is C34H34Cl2N4O6S. The molecular weight excluding hydrogens is 663 g/mol. The number of non-ortho nitro benzene ring substituents is 1. The largest absolute Gasteiger partial charge is 0.354 e. The Morgan fingerprint density at radius 2 is 1.47 bits per heavy atom. The molecule has 0 bridgehead atoms. The summed E-state index contributed by atoms with van der Waals surface area (Å²) in [5.74, 6) is -1.14. The van der Waals surface area contributed by atoms with E-state index in [9.17, 15) is 28.1 Å². The van der Waals surface area contributed by atoms with Gasteiger partial charge in [-0.25, -0.2) is 8.42 Å². The molecule has 0 aliphatic heterocycles. The first-order valence-corrected chi connectivity index (χ1v) is 17.1. The maximum Gasteiger partial charge on any atom is 0.269 e. The Balaban J connectivity index is 1.83. The molecule has 1 N–H and O–H groups in total. The molecule has 0 aromatic heterocycles. The van der Waals surface area contributed by atoms with E-state index in [1.54, 1.807) is 36.4 Å². The standard InChI is InChI=1S/C34H34Cl2N4O6S/c1-2-3-21-37-34(42)32(22-25-11-6-4-7-12-25)38(23-29-30(35)15-10-16-31(29)36)33(41)24-39(26-17-19-27(20-18-26)40(43)44)47(45,46)28-13-8-5-9-14-28/h4-20,32H,2-3,21-24H2,1H3,(H,37,42)/t32-/m1/s1. The topological polar surface area (TPSA) is 130 Å². The van der Waals surface area contributed by atoms with Gasteiger partial charge in [-0.3, -0.25) is 24.0 Å². The molecule has 4 aromatic rings. The van der Waals surface area contributed by atoms with Crippen molar-refractivity contribution in [3.05, 3.63) is 134 Å². The van der Waals surface area contributed by atoms with E-state index in [0.717, 1.165) is 34.8 Å². The van der Waals surface area contributed by atoms with Gasteiger partial charge in [0.05, 0.1) is 15.5 Å². The van der Waals surface area contributed by atoms with Crippen LogP contribution < -0.4 is 9.62 Å². The number of carbonyl (C=O) groups excluding carboxylic acids is 2. The summed E-state index contributed by atoms with van der Waals surface area (Å²) in [6.45, 7) is 1.44. The van der Waals surface area contributed by atoms with E-state index in [1.807, 2.05) is 37.3 Å². The number of carbonyl (C=O) groups is 2. The van der Waals surface area contributed by atoms with Gasteiger partial charge in [0.15, 0.2) is 0 Å². The molecule has 0 saturated heterocycles. The maximum absolute atomic E-state index is 14.5. The Bertz CT molecular complexity index is 1770. The van der Waals surface area contributed by atoms with Crippen LogP contribution in [0.1, 0.15) is 30.9 Å². The van der Waals surface area contributed by atoms with Gasteiger partial charge in [-0.15, -0.1) is 0 Å². The summed E-state index contributed by atoms with van der Waals surface area (Å²) < 4.78 is 29.0. The summed E-state index contributed by atoms with van der Waals surface area (Å²) in [5.41, 5.74) is 0.932. The van der Waals surface area contributed by atoms with E-state index >= 15 is 0 Å². The number of unbranched alkanes of at least 4 members (excludes halogenated alkanes) is 1. The van der Waals surface area contributed by atoms with Gasteiger partial charge in [-0.1, -0.05) is 91.1 Å². The van der Waals surface area contributed by atoms with Crippen molar-refractivity contribution in [1.29, 1.82) is 0 Å². The lowest BCUT2D eigenvalue weighted by atomic mass is 10.0. The highest BCUT2D eigenvalue weighted by atomic mass is 35.5. The van der Waals surface area contributed by atoms with Gasteiger partial charge < -0.3 is 10.2 Å². The molecule has 2 amide bonds. The predicted molar refractivity (Wildman–Crippen MR) is 183 cm³/mol. The molecule has 1 atom stereocenters. The predicted octanol–water partition coefficient (Wildman–Crippen LogP) is 6.65. The molecule has 246 valence electrons. The van der Waals surface area contributed by atoms with E-state index in [4.69, 9.17) is 23.2 Å². The first-order chi connectivity index (χ1) is 22.5. The molecule has 0 fully saturated rings. The number of rotatable bonds is 15. The van der Waals surface area contributed by atoms with Crippen LogP contribution in [0, 0.1) is 10.1 Å². The van der Waals surface area contributed by atoms with Crippen molar-refractivity contribution in [3.63, 3.8) is 0 Å². The van der Waals surface area contributed by atoms with Gasteiger partial charge in [0, 0.05) is 47.3 Å². The summed E-state index contributed by atoms with van der Waals surface area (Å²) >= 11 is 13.1. The number of nitrogens with one attached hydrogen (secondary N) is 1. The van der Waals surface area contributed by atoms with Crippen LogP contribution in [0.2, 0.25) is 10.0 Å². The summed E-state index contributed by atoms with van der Waals surface area (Å²) in [6.07, 6.45) is 1.68. The second-order valence-corrected chi connectivity index (χ2v) is 13.3. The van der Waals surface area contributed by atoms with Crippen LogP contribution in [0.4, 0.5) is 11.4 Å². The first kappa shape index (κ1) is 35.4. The number of halogens is 2. The van der Waals surface area contributed by atoms with Gasteiger partial charge in [0.1, 0.15) is 12.6 Å².